The summed E-state index contributed by atoms with van der Waals surface area (Å²) in [6.07, 6.45) is 2.43. The van der Waals surface area contributed by atoms with Crippen LogP contribution in [0.15, 0.2) is 12.1 Å². The van der Waals surface area contributed by atoms with Crippen LogP contribution in [0.4, 0.5) is 0 Å². The predicted molar refractivity (Wildman–Crippen MR) is 78.6 cm³/mol. The predicted octanol–water partition coefficient (Wildman–Crippen LogP) is 2.45. The number of ether oxygens (including phenoxy) is 2. The molecule has 20 heavy (non-hydrogen) atoms. The van der Waals surface area contributed by atoms with Gasteiger partial charge >= 0.3 is 0 Å². The number of hydrogen-bond acceptors (Lipinski definition) is 4. The number of nitrogens with zero attached hydrogens (tertiary/aromatic N) is 2. The molecule has 0 spiro atoms. The van der Waals surface area contributed by atoms with Crippen molar-refractivity contribution < 1.29 is 9.47 Å². The highest BCUT2D eigenvalue weighted by atomic mass is 16.5. The number of fused-ring (bicyclic) bond motifs is 1. The Hall–Kier alpha value is -1.75. The molecule has 0 amide bonds. The molecule has 1 aromatic heterocycles. The number of imidazole rings is 1. The third-order valence-electron chi connectivity index (χ3n) is 3.95. The molecule has 2 aromatic rings. The molecule has 3 rings (SSSR count). The summed E-state index contributed by atoms with van der Waals surface area (Å²) in [6.45, 7) is 2.73. The molecule has 0 radical (unpaired) electrons. The summed E-state index contributed by atoms with van der Waals surface area (Å²) in [5.74, 6) is 3.17. The smallest absolute Gasteiger partial charge is 0.163 e. The van der Waals surface area contributed by atoms with E-state index in [1.54, 1.807) is 14.2 Å². The van der Waals surface area contributed by atoms with Gasteiger partial charge in [-0.05, 0) is 19.8 Å². The lowest BCUT2D eigenvalue weighted by atomic mass is 10.2. The molecule has 1 aliphatic rings. The van der Waals surface area contributed by atoms with Gasteiger partial charge in [-0.15, -0.1) is 0 Å². The largest absolute Gasteiger partial charge is 0.493 e. The minimum atomic E-state index is 0.230. The molecule has 0 saturated heterocycles. The van der Waals surface area contributed by atoms with Crippen LogP contribution in [-0.2, 0) is 0 Å². The number of aromatic nitrogens is 2. The SMILES string of the molecule is COc1cc2nc(C3CC3)n(C(C)CN)c2cc1OC. The summed E-state index contributed by atoms with van der Waals surface area (Å²) in [6, 6.07) is 4.17. The van der Waals surface area contributed by atoms with Crippen molar-refractivity contribution in [3.05, 3.63) is 18.0 Å². The van der Waals surface area contributed by atoms with E-state index in [4.69, 9.17) is 20.2 Å². The zero-order valence-corrected chi connectivity index (χ0v) is 12.2. The summed E-state index contributed by atoms with van der Waals surface area (Å²) < 4.78 is 13.0. The second kappa shape index (κ2) is 4.98. The summed E-state index contributed by atoms with van der Waals surface area (Å²) in [5, 5.41) is 0. The number of hydrogen-bond donors (Lipinski definition) is 1. The first-order chi connectivity index (χ1) is 9.69. The third kappa shape index (κ3) is 2.02. The molecular weight excluding hydrogens is 254 g/mol. The maximum Gasteiger partial charge on any atom is 0.163 e. The monoisotopic (exact) mass is 275 g/mol. The van der Waals surface area contributed by atoms with E-state index in [1.807, 2.05) is 12.1 Å². The average Bonchev–Trinajstić information content (AvgIpc) is 3.25. The first-order valence-corrected chi connectivity index (χ1v) is 7.03. The lowest BCUT2D eigenvalue weighted by Crippen LogP contribution is -2.18. The zero-order chi connectivity index (χ0) is 14.3. The minimum absolute atomic E-state index is 0.230. The maximum absolute atomic E-state index is 5.87. The molecule has 5 nitrogen and oxygen atoms in total. The number of methoxy groups -OCH3 is 2. The van der Waals surface area contributed by atoms with Crippen molar-refractivity contribution in [2.45, 2.75) is 31.7 Å². The maximum atomic E-state index is 5.87. The van der Waals surface area contributed by atoms with Crippen LogP contribution in [0.5, 0.6) is 11.5 Å². The van der Waals surface area contributed by atoms with Crippen LogP contribution in [0, 0.1) is 0 Å². The van der Waals surface area contributed by atoms with Gasteiger partial charge in [0.25, 0.3) is 0 Å². The fourth-order valence-corrected chi connectivity index (χ4v) is 2.64. The topological polar surface area (TPSA) is 62.3 Å². The van der Waals surface area contributed by atoms with Crippen molar-refractivity contribution in [2.24, 2.45) is 5.73 Å². The van der Waals surface area contributed by atoms with Gasteiger partial charge in [0.1, 0.15) is 5.82 Å². The fourth-order valence-electron chi connectivity index (χ4n) is 2.64. The molecule has 0 aliphatic heterocycles. The first kappa shape index (κ1) is 13.2. The molecule has 1 atom stereocenters. The molecule has 1 aliphatic carbocycles. The first-order valence-electron chi connectivity index (χ1n) is 7.03. The molecule has 5 heteroatoms. The van der Waals surface area contributed by atoms with Gasteiger partial charge in [-0.2, -0.15) is 0 Å². The van der Waals surface area contributed by atoms with E-state index < -0.39 is 0 Å². The van der Waals surface area contributed by atoms with Crippen LogP contribution in [0.3, 0.4) is 0 Å². The highest BCUT2D eigenvalue weighted by molar-refractivity contribution is 5.81. The molecule has 1 heterocycles. The normalized spacial score (nSPS) is 16.4. The van der Waals surface area contributed by atoms with Gasteiger partial charge < -0.3 is 19.8 Å². The molecular formula is C15H21N3O2. The Morgan fingerprint density at radius 1 is 1.30 bits per heavy atom. The van der Waals surface area contributed by atoms with Crippen molar-refractivity contribution in [3.8, 4) is 11.5 Å². The second-order valence-corrected chi connectivity index (χ2v) is 5.39. The van der Waals surface area contributed by atoms with Gasteiger partial charge in [-0.25, -0.2) is 4.98 Å². The van der Waals surface area contributed by atoms with Crippen LogP contribution in [-0.4, -0.2) is 30.3 Å². The lowest BCUT2D eigenvalue weighted by Gasteiger charge is -2.16. The van der Waals surface area contributed by atoms with Gasteiger partial charge in [0.2, 0.25) is 0 Å². The van der Waals surface area contributed by atoms with Crippen LogP contribution in [0.1, 0.15) is 37.5 Å². The standard InChI is InChI=1S/C15H21N3O2/c1-9(8-16)18-12-7-14(20-3)13(19-2)6-11(12)17-15(18)10-4-5-10/h6-7,9-10H,4-5,8,16H2,1-3H3. The van der Waals surface area contributed by atoms with E-state index in [9.17, 15) is 0 Å². The summed E-state index contributed by atoms with van der Waals surface area (Å²) >= 11 is 0. The molecule has 0 bridgehead atoms. The summed E-state index contributed by atoms with van der Waals surface area (Å²) in [7, 11) is 3.30. The van der Waals surface area contributed by atoms with Gasteiger partial charge in [-0.3, -0.25) is 0 Å². The third-order valence-corrected chi connectivity index (χ3v) is 3.95. The van der Waals surface area contributed by atoms with Crippen molar-refractivity contribution in [1.82, 2.24) is 9.55 Å². The highest BCUT2D eigenvalue weighted by Crippen LogP contribution is 2.43. The van der Waals surface area contributed by atoms with Crippen LogP contribution < -0.4 is 15.2 Å². The second-order valence-electron chi connectivity index (χ2n) is 5.39. The van der Waals surface area contributed by atoms with E-state index in [0.29, 0.717) is 18.2 Å². The Kier molecular flexibility index (Phi) is 3.30. The van der Waals surface area contributed by atoms with E-state index in [-0.39, 0.29) is 6.04 Å². The van der Waals surface area contributed by atoms with Crippen LogP contribution in [0.25, 0.3) is 11.0 Å². The summed E-state index contributed by atoms with van der Waals surface area (Å²) in [5.41, 5.74) is 7.89. The van der Waals surface area contributed by atoms with Crippen molar-refractivity contribution in [1.29, 1.82) is 0 Å². The van der Waals surface area contributed by atoms with E-state index >= 15 is 0 Å². The molecule has 1 unspecified atom stereocenters. The van der Waals surface area contributed by atoms with Crippen LogP contribution in [0.2, 0.25) is 0 Å². The molecule has 1 aromatic carbocycles. The van der Waals surface area contributed by atoms with Crippen LogP contribution >= 0.6 is 0 Å². The van der Waals surface area contributed by atoms with Gasteiger partial charge in [0.05, 0.1) is 25.3 Å². The van der Waals surface area contributed by atoms with Gasteiger partial charge in [-0.1, -0.05) is 0 Å². The van der Waals surface area contributed by atoms with Gasteiger partial charge in [0, 0.05) is 30.6 Å². The molecule has 108 valence electrons. The number of rotatable bonds is 5. The lowest BCUT2D eigenvalue weighted by molar-refractivity contribution is 0.355. The quantitative estimate of drug-likeness (QED) is 0.910. The highest BCUT2D eigenvalue weighted by Gasteiger charge is 2.31. The molecule has 1 saturated carbocycles. The average molecular weight is 275 g/mol. The Morgan fingerprint density at radius 3 is 2.50 bits per heavy atom. The van der Waals surface area contributed by atoms with E-state index in [0.717, 1.165) is 22.6 Å². The Labute approximate surface area is 118 Å². The Morgan fingerprint density at radius 2 is 1.95 bits per heavy atom. The van der Waals surface area contributed by atoms with Crippen molar-refractivity contribution in [2.75, 3.05) is 20.8 Å². The van der Waals surface area contributed by atoms with Crippen molar-refractivity contribution in [3.63, 3.8) is 0 Å². The zero-order valence-electron chi connectivity index (χ0n) is 12.2. The number of benzene rings is 1. The Bertz CT molecular complexity index is 632. The fraction of sp³-hybridized carbons (Fsp3) is 0.533. The molecule has 1 fully saturated rings. The number of nitrogens with two attached hydrogens (primary N) is 1. The van der Waals surface area contributed by atoms with E-state index in [1.165, 1.54) is 12.8 Å². The molecule has 2 N–H and O–H groups in total. The van der Waals surface area contributed by atoms with Crippen molar-refractivity contribution >= 4 is 11.0 Å². The minimum Gasteiger partial charge on any atom is -0.493 e. The van der Waals surface area contributed by atoms with E-state index in [2.05, 4.69) is 11.5 Å². The van der Waals surface area contributed by atoms with Gasteiger partial charge in [0.15, 0.2) is 11.5 Å². The summed E-state index contributed by atoms with van der Waals surface area (Å²) in [4.78, 5) is 4.80. The Balaban J connectivity index is 2.23.